The van der Waals surface area contributed by atoms with Gasteiger partial charge in [0.05, 0.1) is 12.7 Å². The Labute approximate surface area is 98.3 Å². The molecule has 1 saturated heterocycles. The van der Waals surface area contributed by atoms with Gasteiger partial charge in [-0.1, -0.05) is 13.3 Å². The number of ether oxygens (including phenoxy) is 1. The van der Waals surface area contributed by atoms with Gasteiger partial charge in [-0.15, -0.1) is 0 Å². The highest BCUT2D eigenvalue weighted by molar-refractivity contribution is 5.80. The Hall–Kier alpha value is -0.610. The van der Waals surface area contributed by atoms with Crippen molar-refractivity contribution in [1.29, 1.82) is 0 Å². The number of nitrogens with zero attached hydrogens (tertiary/aromatic N) is 1. The molecule has 0 aromatic rings. The van der Waals surface area contributed by atoms with E-state index in [9.17, 15) is 4.79 Å². The minimum Gasteiger partial charge on any atom is -0.385 e. The van der Waals surface area contributed by atoms with Crippen molar-refractivity contribution in [3.8, 4) is 0 Å². The maximum Gasteiger partial charge on any atom is 0.237 e. The van der Waals surface area contributed by atoms with E-state index in [2.05, 4.69) is 12.2 Å². The molecule has 1 rings (SSSR count). The molecule has 4 heteroatoms. The zero-order valence-electron chi connectivity index (χ0n) is 10.5. The fraction of sp³-hybridized carbons (Fsp3) is 0.917. The van der Waals surface area contributed by atoms with Crippen molar-refractivity contribution in [2.45, 2.75) is 45.2 Å². The lowest BCUT2D eigenvalue weighted by Gasteiger charge is -2.23. The third-order valence-corrected chi connectivity index (χ3v) is 3.00. The highest BCUT2D eigenvalue weighted by atomic mass is 16.5. The van der Waals surface area contributed by atoms with Gasteiger partial charge in [0.1, 0.15) is 0 Å². The molecule has 1 heterocycles. The lowest BCUT2D eigenvalue weighted by Crippen LogP contribution is -2.37. The largest absolute Gasteiger partial charge is 0.385 e. The summed E-state index contributed by atoms with van der Waals surface area (Å²) in [6.45, 7) is 4.38. The third-order valence-electron chi connectivity index (χ3n) is 3.00. The van der Waals surface area contributed by atoms with Crippen molar-refractivity contribution in [3.05, 3.63) is 0 Å². The van der Waals surface area contributed by atoms with Crippen LogP contribution in [-0.4, -0.2) is 43.8 Å². The Morgan fingerprint density at radius 3 is 2.94 bits per heavy atom. The molecule has 94 valence electrons. The molecule has 1 N–H and O–H groups in total. The van der Waals surface area contributed by atoms with Gasteiger partial charge in [0.2, 0.25) is 5.91 Å². The predicted octanol–water partition coefficient (Wildman–Crippen LogP) is 1.36. The van der Waals surface area contributed by atoms with Gasteiger partial charge < -0.3 is 9.64 Å². The van der Waals surface area contributed by atoms with Crippen LogP contribution in [0.4, 0.5) is 0 Å². The molecule has 1 unspecified atom stereocenters. The standard InChI is InChI=1S/C12H24N2O2/c1-3-7-11-13-10-12(15)14(11)8-5-4-6-9-16-2/h11,13H,3-10H2,1-2H3. The van der Waals surface area contributed by atoms with Crippen LogP contribution < -0.4 is 5.32 Å². The Kier molecular flexibility index (Phi) is 6.42. The first-order chi connectivity index (χ1) is 7.79. The number of amides is 1. The monoisotopic (exact) mass is 228 g/mol. The summed E-state index contributed by atoms with van der Waals surface area (Å²) in [6, 6.07) is 0. The molecule has 0 saturated carbocycles. The highest BCUT2D eigenvalue weighted by Gasteiger charge is 2.28. The zero-order valence-corrected chi connectivity index (χ0v) is 10.5. The van der Waals surface area contributed by atoms with Crippen LogP contribution in [0.3, 0.4) is 0 Å². The van der Waals surface area contributed by atoms with Crippen LogP contribution in [0.15, 0.2) is 0 Å². The van der Waals surface area contributed by atoms with E-state index in [-0.39, 0.29) is 12.1 Å². The Bertz CT molecular complexity index is 209. The Balaban J connectivity index is 2.19. The summed E-state index contributed by atoms with van der Waals surface area (Å²) in [6.07, 6.45) is 5.76. The van der Waals surface area contributed by atoms with E-state index in [0.717, 1.165) is 45.3 Å². The van der Waals surface area contributed by atoms with Crippen LogP contribution in [0, 0.1) is 0 Å². The number of carbonyl (C=O) groups excluding carboxylic acids is 1. The molecular weight excluding hydrogens is 204 g/mol. The van der Waals surface area contributed by atoms with Gasteiger partial charge in [-0.25, -0.2) is 0 Å². The summed E-state index contributed by atoms with van der Waals surface area (Å²) < 4.78 is 5.00. The number of hydrogen-bond donors (Lipinski definition) is 1. The average Bonchev–Trinajstić information content (AvgIpc) is 2.61. The van der Waals surface area contributed by atoms with Crippen molar-refractivity contribution in [3.63, 3.8) is 0 Å². The summed E-state index contributed by atoms with van der Waals surface area (Å²) in [7, 11) is 1.73. The van der Waals surface area contributed by atoms with Gasteiger partial charge in [-0.2, -0.15) is 0 Å². The van der Waals surface area contributed by atoms with Gasteiger partial charge in [-0.3, -0.25) is 10.1 Å². The first-order valence-electron chi connectivity index (χ1n) is 6.31. The Morgan fingerprint density at radius 1 is 1.44 bits per heavy atom. The molecule has 16 heavy (non-hydrogen) atoms. The predicted molar refractivity (Wildman–Crippen MR) is 64.1 cm³/mol. The van der Waals surface area contributed by atoms with Gasteiger partial charge in [0.25, 0.3) is 0 Å². The molecule has 1 aliphatic rings. The summed E-state index contributed by atoms with van der Waals surface area (Å²) in [5.41, 5.74) is 0. The van der Waals surface area contributed by atoms with E-state index >= 15 is 0 Å². The number of unbranched alkanes of at least 4 members (excludes halogenated alkanes) is 2. The van der Waals surface area contributed by atoms with E-state index in [1.54, 1.807) is 7.11 Å². The first-order valence-corrected chi connectivity index (χ1v) is 6.31. The van der Waals surface area contributed by atoms with Gasteiger partial charge in [0.15, 0.2) is 0 Å². The van der Waals surface area contributed by atoms with Crippen LogP contribution in [0.5, 0.6) is 0 Å². The van der Waals surface area contributed by atoms with E-state index in [0.29, 0.717) is 6.54 Å². The number of rotatable bonds is 8. The fourth-order valence-electron chi connectivity index (χ4n) is 2.11. The minimum atomic E-state index is 0.255. The molecule has 1 fully saturated rings. The number of hydrogen-bond acceptors (Lipinski definition) is 3. The fourth-order valence-corrected chi connectivity index (χ4v) is 2.11. The van der Waals surface area contributed by atoms with Gasteiger partial charge >= 0.3 is 0 Å². The molecule has 4 nitrogen and oxygen atoms in total. The second kappa shape index (κ2) is 7.63. The van der Waals surface area contributed by atoms with E-state index in [4.69, 9.17) is 4.74 Å². The van der Waals surface area contributed by atoms with E-state index < -0.39 is 0 Å². The zero-order chi connectivity index (χ0) is 11.8. The summed E-state index contributed by atoms with van der Waals surface area (Å²) >= 11 is 0. The summed E-state index contributed by atoms with van der Waals surface area (Å²) in [5, 5.41) is 3.26. The van der Waals surface area contributed by atoms with Crippen LogP contribution >= 0.6 is 0 Å². The number of carbonyl (C=O) groups is 1. The van der Waals surface area contributed by atoms with Crippen molar-refractivity contribution >= 4 is 5.91 Å². The van der Waals surface area contributed by atoms with Crippen molar-refractivity contribution in [2.24, 2.45) is 0 Å². The van der Waals surface area contributed by atoms with Crippen molar-refractivity contribution in [1.82, 2.24) is 10.2 Å². The van der Waals surface area contributed by atoms with Crippen LogP contribution in [0.1, 0.15) is 39.0 Å². The second-order valence-corrected chi connectivity index (χ2v) is 4.33. The summed E-state index contributed by atoms with van der Waals surface area (Å²) in [5.74, 6) is 0.255. The van der Waals surface area contributed by atoms with Gasteiger partial charge in [0, 0.05) is 20.3 Å². The molecule has 1 aliphatic heterocycles. The Morgan fingerprint density at radius 2 is 2.25 bits per heavy atom. The molecule has 0 aliphatic carbocycles. The maximum absolute atomic E-state index is 11.6. The van der Waals surface area contributed by atoms with E-state index in [1.807, 2.05) is 4.90 Å². The molecule has 0 aromatic carbocycles. The van der Waals surface area contributed by atoms with Gasteiger partial charge in [-0.05, 0) is 25.7 Å². The first kappa shape index (κ1) is 13.5. The normalized spacial score (nSPS) is 20.8. The lowest BCUT2D eigenvalue weighted by molar-refractivity contribution is -0.128. The molecule has 0 aromatic heterocycles. The smallest absolute Gasteiger partial charge is 0.237 e. The van der Waals surface area contributed by atoms with Crippen LogP contribution in [0.2, 0.25) is 0 Å². The topological polar surface area (TPSA) is 41.6 Å². The molecule has 1 atom stereocenters. The van der Waals surface area contributed by atoms with Crippen LogP contribution in [0.25, 0.3) is 0 Å². The van der Waals surface area contributed by atoms with Crippen LogP contribution in [-0.2, 0) is 9.53 Å². The molecule has 0 bridgehead atoms. The third kappa shape index (κ3) is 4.10. The minimum absolute atomic E-state index is 0.255. The average molecular weight is 228 g/mol. The molecule has 0 radical (unpaired) electrons. The second-order valence-electron chi connectivity index (χ2n) is 4.33. The quantitative estimate of drug-likeness (QED) is 0.638. The molecule has 0 spiro atoms. The maximum atomic E-state index is 11.6. The SMILES string of the molecule is CCCC1NCC(=O)N1CCCCCOC. The molecule has 1 amide bonds. The molecular formula is C12H24N2O2. The summed E-state index contributed by atoms with van der Waals surface area (Å²) in [4.78, 5) is 13.6. The lowest BCUT2D eigenvalue weighted by atomic mass is 10.2. The highest BCUT2D eigenvalue weighted by Crippen LogP contribution is 2.12. The van der Waals surface area contributed by atoms with Crippen molar-refractivity contribution < 1.29 is 9.53 Å². The van der Waals surface area contributed by atoms with Crippen molar-refractivity contribution in [2.75, 3.05) is 26.8 Å². The number of nitrogens with one attached hydrogen (secondary N) is 1. The van der Waals surface area contributed by atoms with E-state index in [1.165, 1.54) is 0 Å². The number of methoxy groups -OCH3 is 1.